The Hall–Kier alpha value is -1.46. The van der Waals surface area contributed by atoms with Crippen molar-refractivity contribution in [1.29, 1.82) is 0 Å². The normalized spacial score (nSPS) is 10.5. The number of aromatic nitrogens is 4. The van der Waals surface area contributed by atoms with Crippen molar-refractivity contribution in [3.8, 4) is 5.69 Å². The minimum atomic E-state index is 0.588. The van der Waals surface area contributed by atoms with Gasteiger partial charge in [-0.05, 0) is 24.4 Å². The van der Waals surface area contributed by atoms with Gasteiger partial charge in [0.15, 0.2) is 5.82 Å². The molecule has 0 saturated carbocycles. The molecule has 0 aliphatic heterocycles. The number of nitrogens with one attached hydrogen (secondary N) is 1. The summed E-state index contributed by atoms with van der Waals surface area (Å²) in [5.74, 6) is 0.636. The van der Waals surface area contributed by atoms with Crippen LogP contribution in [0.2, 0.25) is 5.02 Å². The molecule has 0 fully saturated rings. The standard InChI is InChI=1S/C9H10ClN5/c1-11-6-9-12-14-15(13-9)8-5-3-2-4-7(8)10/h2-5,11H,6H2,1H3. The van der Waals surface area contributed by atoms with Crippen molar-refractivity contribution < 1.29 is 0 Å². The molecule has 0 spiro atoms. The molecule has 0 amide bonds. The summed E-state index contributed by atoms with van der Waals surface area (Å²) in [6.07, 6.45) is 0. The van der Waals surface area contributed by atoms with E-state index < -0.39 is 0 Å². The van der Waals surface area contributed by atoms with Crippen LogP contribution in [0.4, 0.5) is 0 Å². The average molecular weight is 224 g/mol. The highest BCUT2D eigenvalue weighted by Crippen LogP contribution is 2.17. The second-order valence-electron chi connectivity index (χ2n) is 2.98. The van der Waals surface area contributed by atoms with E-state index in [9.17, 15) is 0 Å². The third kappa shape index (κ3) is 2.14. The quantitative estimate of drug-likeness (QED) is 0.845. The van der Waals surface area contributed by atoms with Gasteiger partial charge in [-0.2, -0.15) is 0 Å². The van der Waals surface area contributed by atoms with Crippen molar-refractivity contribution in [2.24, 2.45) is 0 Å². The first-order valence-corrected chi connectivity index (χ1v) is 4.87. The van der Waals surface area contributed by atoms with Crippen LogP contribution in [0.25, 0.3) is 5.69 Å². The third-order valence-corrected chi connectivity index (χ3v) is 2.18. The maximum absolute atomic E-state index is 6.00. The summed E-state index contributed by atoms with van der Waals surface area (Å²) in [6, 6.07) is 7.37. The maximum Gasteiger partial charge on any atom is 0.188 e. The molecule has 0 aliphatic carbocycles. The van der Waals surface area contributed by atoms with E-state index in [2.05, 4.69) is 20.7 Å². The third-order valence-electron chi connectivity index (χ3n) is 1.86. The highest BCUT2D eigenvalue weighted by Gasteiger charge is 2.06. The molecule has 2 aromatic rings. The summed E-state index contributed by atoms with van der Waals surface area (Å²) in [5.41, 5.74) is 0.731. The summed E-state index contributed by atoms with van der Waals surface area (Å²) >= 11 is 6.00. The number of tetrazole rings is 1. The van der Waals surface area contributed by atoms with Crippen molar-refractivity contribution in [3.05, 3.63) is 35.1 Å². The highest BCUT2D eigenvalue weighted by molar-refractivity contribution is 6.32. The fourth-order valence-corrected chi connectivity index (χ4v) is 1.40. The average Bonchev–Trinajstić information content (AvgIpc) is 2.68. The van der Waals surface area contributed by atoms with E-state index in [1.807, 2.05) is 25.2 Å². The first-order chi connectivity index (χ1) is 7.31. The van der Waals surface area contributed by atoms with Gasteiger partial charge in [-0.15, -0.1) is 15.0 Å². The Morgan fingerprint density at radius 1 is 1.40 bits per heavy atom. The molecule has 1 aromatic heterocycles. The van der Waals surface area contributed by atoms with Gasteiger partial charge in [-0.1, -0.05) is 23.7 Å². The van der Waals surface area contributed by atoms with Crippen LogP contribution in [-0.2, 0) is 6.54 Å². The lowest BCUT2D eigenvalue weighted by atomic mass is 10.3. The van der Waals surface area contributed by atoms with E-state index in [4.69, 9.17) is 11.6 Å². The summed E-state index contributed by atoms with van der Waals surface area (Å²) in [7, 11) is 1.83. The molecule has 6 heteroatoms. The monoisotopic (exact) mass is 223 g/mol. The lowest BCUT2D eigenvalue weighted by molar-refractivity contribution is 0.711. The second-order valence-corrected chi connectivity index (χ2v) is 3.38. The van der Waals surface area contributed by atoms with Crippen LogP contribution in [-0.4, -0.2) is 27.3 Å². The molecule has 5 nitrogen and oxygen atoms in total. The zero-order valence-electron chi connectivity index (χ0n) is 8.18. The summed E-state index contributed by atoms with van der Waals surface area (Å²) in [5, 5.41) is 15.5. The van der Waals surface area contributed by atoms with Crippen LogP contribution in [0.1, 0.15) is 5.82 Å². The lowest BCUT2D eigenvalue weighted by Crippen LogP contribution is -2.07. The molecule has 2 rings (SSSR count). The first-order valence-electron chi connectivity index (χ1n) is 4.49. The molecule has 0 saturated heterocycles. The molecule has 1 N–H and O–H groups in total. The van der Waals surface area contributed by atoms with Crippen molar-refractivity contribution >= 4 is 11.6 Å². The van der Waals surface area contributed by atoms with Crippen LogP contribution in [0.15, 0.2) is 24.3 Å². The van der Waals surface area contributed by atoms with Gasteiger partial charge < -0.3 is 5.32 Å². The van der Waals surface area contributed by atoms with Gasteiger partial charge in [0.1, 0.15) is 5.69 Å². The summed E-state index contributed by atoms with van der Waals surface area (Å²) < 4.78 is 0. The van der Waals surface area contributed by atoms with E-state index in [0.29, 0.717) is 17.4 Å². The van der Waals surface area contributed by atoms with Gasteiger partial charge in [0, 0.05) is 0 Å². The van der Waals surface area contributed by atoms with Crippen molar-refractivity contribution in [2.75, 3.05) is 7.05 Å². The molecule has 1 heterocycles. The van der Waals surface area contributed by atoms with Gasteiger partial charge in [0.25, 0.3) is 0 Å². The number of hydrogen-bond donors (Lipinski definition) is 1. The number of halogens is 1. The Labute approximate surface area is 92.1 Å². The fraction of sp³-hybridized carbons (Fsp3) is 0.222. The van der Waals surface area contributed by atoms with Gasteiger partial charge in [0.05, 0.1) is 11.6 Å². The Morgan fingerprint density at radius 3 is 2.93 bits per heavy atom. The Balaban J connectivity index is 2.33. The molecule has 1 aromatic carbocycles. The number of hydrogen-bond acceptors (Lipinski definition) is 4. The predicted octanol–water partition coefficient (Wildman–Crippen LogP) is 1.04. The Kier molecular flexibility index (Phi) is 2.94. The predicted molar refractivity (Wildman–Crippen MR) is 56.9 cm³/mol. The molecule has 0 aliphatic rings. The minimum absolute atomic E-state index is 0.588. The number of para-hydroxylation sites is 1. The topological polar surface area (TPSA) is 55.6 Å². The van der Waals surface area contributed by atoms with E-state index in [-0.39, 0.29) is 0 Å². The van der Waals surface area contributed by atoms with Crippen LogP contribution in [0, 0.1) is 0 Å². The molecule has 0 unspecified atom stereocenters. The maximum atomic E-state index is 6.00. The zero-order chi connectivity index (χ0) is 10.7. The number of nitrogens with zero attached hydrogens (tertiary/aromatic N) is 4. The minimum Gasteiger partial charge on any atom is -0.313 e. The number of rotatable bonds is 3. The van der Waals surface area contributed by atoms with E-state index in [0.717, 1.165) is 5.69 Å². The molecule has 15 heavy (non-hydrogen) atoms. The fourth-order valence-electron chi connectivity index (χ4n) is 1.19. The van der Waals surface area contributed by atoms with Crippen LogP contribution in [0.3, 0.4) is 0 Å². The second kappa shape index (κ2) is 4.37. The van der Waals surface area contributed by atoms with Gasteiger partial charge in [0.2, 0.25) is 0 Å². The van der Waals surface area contributed by atoms with Gasteiger partial charge in [-0.25, -0.2) is 0 Å². The molecule has 0 bridgehead atoms. The van der Waals surface area contributed by atoms with Gasteiger partial charge in [-0.3, -0.25) is 0 Å². The Morgan fingerprint density at radius 2 is 2.20 bits per heavy atom. The molecular weight excluding hydrogens is 214 g/mol. The van der Waals surface area contributed by atoms with E-state index in [1.165, 1.54) is 4.80 Å². The van der Waals surface area contributed by atoms with Crippen molar-refractivity contribution in [1.82, 2.24) is 25.5 Å². The SMILES string of the molecule is CNCc1nnn(-c2ccccc2Cl)n1. The van der Waals surface area contributed by atoms with Gasteiger partial charge >= 0.3 is 0 Å². The van der Waals surface area contributed by atoms with Crippen LogP contribution < -0.4 is 5.32 Å². The van der Waals surface area contributed by atoms with Crippen molar-refractivity contribution in [3.63, 3.8) is 0 Å². The van der Waals surface area contributed by atoms with E-state index >= 15 is 0 Å². The smallest absolute Gasteiger partial charge is 0.188 e. The highest BCUT2D eigenvalue weighted by atomic mass is 35.5. The van der Waals surface area contributed by atoms with Crippen molar-refractivity contribution in [2.45, 2.75) is 6.54 Å². The lowest BCUT2D eigenvalue weighted by Gasteiger charge is -1.99. The number of benzene rings is 1. The summed E-state index contributed by atoms with van der Waals surface area (Å²) in [6.45, 7) is 0.588. The van der Waals surface area contributed by atoms with E-state index in [1.54, 1.807) is 6.07 Å². The molecule has 0 radical (unpaired) electrons. The largest absolute Gasteiger partial charge is 0.313 e. The summed E-state index contributed by atoms with van der Waals surface area (Å²) in [4.78, 5) is 1.43. The Bertz CT molecular complexity index is 453. The van der Waals surface area contributed by atoms with Crippen LogP contribution >= 0.6 is 11.6 Å². The molecule has 0 atom stereocenters. The first kappa shape index (κ1) is 10.1. The molecule has 78 valence electrons. The molecular formula is C9H10ClN5. The van der Waals surface area contributed by atoms with Crippen LogP contribution in [0.5, 0.6) is 0 Å². The zero-order valence-corrected chi connectivity index (χ0v) is 8.94.